The largest absolute Gasteiger partial charge is 0.442 e. The van der Waals surface area contributed by atoms with Crippen LogP contribution < -0.4 is 4.72 Å². The molecule has 1 amide bonds. The minimum absolute atomic E-state index is 0.0648. The van der Waals surface area contributed by atoms with E-state index in [1.54, 1.807) is 12.1 Å². The fourth-order valence-electron chi connectivity index (χ4n) is 1.12. The highest BCUT2D eigenvalue weighted by atomic mass is 32.2. The number of carbonyl (C=O) groups excluding carboxylic acids is 1. The lowest BCUT2D eigenvalue weighted by molar-refractivity contribution is 0.0985. The molecular formula is C7H9NO4SSi. The first-order valence-corrected chi connectivity index (χ1v) is 6.10. The minimum atomic E-state index is -3.55. The van der Waals surface area contributed by atoms with Crippen molar-refractivity contribution in [3.05, 3.63) is 29.8 Å². The predicted octanol–water partition coefficient (Wildman–Crippen LogP) is -1.62. The molecule has 1 aliphatic rings. The molecule has 0 fully saturated rings. The zero-order chi connectivity index (χ0) is 10.8. The molecule has 5 nitrogen and oxygen atoms in total. The molecule has 0 radical (unpaired) electrons. The van der Waals surface area contributed by atoms with Gasteiger partial charge in [0, 0.05) is 0 Å². The smallest absolute Gasteiger partial charge is 0.266 e. The minimum Gasteiger partial charge on any atom is -0.442 e. The highest BCUT2D eigenvalue weighted by Crippen LogP contribution is 2.20. The van der Waals surface area contributed by atoms with E-state index in [9.17, 15) is 13.2 Å². The second kappa shape index (κ2) is 3.90. The Hall–Kier alpha value is -1.18. The van der Waals surface area contributed by atoms with Crippen LogP contribution in [-0.2, 0) is 10.0 Å². The van der Waals surface area contributed by atoms with Gasteiger partial charge in [0.15, 0.2) is 0 Å². The summed E-state index contributed by atoms with van der Waals surface area (Å²) in [5.74, 6) is -0.550. The third-order valence-electron chi connectivity index (χ3n) is 1.65. The van der Waals surface area contributed by atoms with E-state index < -0.39 is 15.9 Å². The molecule has 2 N–H and O–H groups in total. The summed E-state index contributed by atoms with van der Waals surface area (Å²) in [6.45, 7) is 0. The van der Waals surface area contributed by atoms with Crippen LogP contribution in [0.4, 0.5) is 0 Å². The Kier molecular flexibility index (Phi) is 3.04. The van der Waals surface area contributed by atoms with Crippen LogP contribution in [0.15, 0.2) is 29.2 Å². The number of amides is 1. The Balaban J connectivity index is 0.000000461. The monoisotopic (exact) mass is 231 g/mol. The van der Waals surface area contributed by atoms with E-state index in [-0.39, 0.29) is 10.5 Å². The lowest BCUT2D eigenvalue weighted by atomic mass is 10.2. The first-order chi connectivity index (χ1) is 6.61. The van der Waals surface area contributed by atoms with Crippen LogP contribution in [0.5, 0.6) is 0 Å². The third-order valence-corrected chi connectivity index (χ3v) is 3.04. The molecular weight excluding hydrogens is 222 g/mol. The first-order valence-electron chi connectivity index (χ1n) is 3.72. The molecule has 0 spiro atoms. The van der Waals surface area contributed by atoms with Crippen molar-refractivity contribution in [1.82, 2.24) is 4.72 Å². The normalized spacial score (nSPS) is 16.5. The summed E-state index contributed by atoms with van der Waals surface area (Å²) in [7, 11) is -3.25. The standard InChI is InChI=1S/C7H5NO3S.H4OSi/c9-7-5-3-1-2-4-6(5)12(10,11)8-7;1-2/h1-4H,(H,8,9);1H,2H3. The molecule has 1 aromatic carbocycles. The van der Waals surface area contributed by atoms with Crippen molar-refractivity contribution in [2.75, 3.05) is 0 Å². The molecule has 7 heteroatoms. The van der Waals surface area contributed by atoms with Gasteiger partial charge < -0.3 is 4.80 Å². The number of sulfonamides is 1. The molecule has 0 saturated heterocycles. The van der Waals surface area contributed by atoms with E-state index in [2.05, 4.69) is 0 Å². The van der Waals surface area contributed by atoms with Gasteiger partial charge in [-0.3, -0.25) is 4.79 Å². The summed E-state index contributed by atoms with van der Waals surface area (Å²) < 4.78 is 24.2. The highest BCUT2D eigenvalue weighted by Gasteiger charge is 2.31. The van der Waals surface area contributed by atoms with Crippen molar-refractivity contribution in [2.45, 2.75) is 4.90 Å². The van der Waals surface area contributed by atoms with Gasteiger partial charge in [0.05, 0.1) is 5.56 Å². The van der Waals surface area contributed by atoms with Crippen LogP contribution >= 0.6 is 0 Å². The number of benzene rings is 1. The molecule has 14 heavy (non-hydrogen) atoms. The van der Waals surface area contributed by atoms with E-state index in [1.165, 1.54) is 12.1 Å². The Morgan fingerprint density at radius 3 is 2.36 bits per heavy atom. The van der Waals surface area contributed by atoms with Crippen molar-refractivity contribution in [3.63, 3.8) is 0 Å². The Bertz CT molecular complexity index is 457. The SMILES string of the molecule is O=C1NS(=O)(=O)c2ccccc21.O[SiH3]. The zero-order valence-corrected chi connectivity index (χ0v) is 10.2. The molecule has 0 saturated carbocycles. The summed E-state index contributed by atoms with van der Waals surface area (Å²) in [5.41, 5.74) is 0.220. The predicted molar refractivity (Wildman–Crippen MR) is 53.3 cm³/mol. The van der Waals surface area contributed by atoms with Crippen molar-refractivity contribution in [2.24, 2.45) is 0 Å². The molecule has 0 atom stereocenters. The van der Waals surface area contributed by atoms with Crippen LogP contribution in [-0.4, -0.2) is 29.6 Å². The fourth-order valence-corrected chi connectivity index (χ4v) is 2.29. The number of hydrogen-bond acceptors (Lipinski definition) is 4. The van der Waals surface area contributed by atoms with Crippen molar-refractivity contribution in [3.8, 4) is 0 Å². The maximum atomic E-state index is 11.1. The maximum Gasteiger partial charge on any atom is 0.266 e. The summed E-state index contributed by atoms with van der Waals surface area (Å²) >= 11 is 0. The number of fused-ring (bicyclic) bond motifs is 1. The second-order valence-electron chi connectivity index (χ2n) is 2.43. The van der Waals surface area contributed by atoms with Gasteiger partial charge in [-0.25, -0.2) is 13.1 Å². The van der Waals surface area contributed by atoms with Gasteiger partial charge in [-0.1, -0.05) is 12.1 Å². The molecule has 0 unspecified atom stereocenters. The van der Waals surface area contributed by atoms with Gasteiger partial charge in [0.1, 0.15) is 15.4 Å². The lowest BCUT2D eigenvalue weighted by Gasteiger charge is -1.91. The van der Waals surface area contributed by atoms with E-state index in [1.807, 2.05) is 4.72 Å². The molecule has 1 heterocycles. The zero-order valence-electron chi connectivity index (χ0n) is 7.39. The Morgan fingerprint density at radius 1 is 1.21 bits per heavy atom. The fraction of sp³-hybridized carbons (Fsp3) is 0. The van der Waals surface area contributed by atoms with E-state index >= 15 is 0 Å². The topological polar surface area (TPSA) is 83.5 Å². The molecule has 1 aliphatic heterocycles. The van der Waals surface area contributed by atoms with Crippen LogP contribution in [0, 0.1) is 0 Å². The molecule has 0 aliphatic carbocycles. The van der Waals surface area contributed by atoms with Gasteiger partial charge in [-0.05, 0) is 12.1 Å². The number of hydrogen-bond donors (Lipinski definition) is 2. The highest BCUT2D eigenvalue weighted by molar-refractivity contribution is 7.90. The first kappa shape index (κ1) is 10.9. The quantitative estimate of drug-likeness (QED) is 0.526. The number of rotatable bonds is 0. The van der Waals surface area contributed by atoms with Crippen LogP contribution in [0.3, 0.4) is 0 Å². The van der Waals surface area contributed by atoms with E-state index in [0.717, 1.165) is 0 Å². The van der Waals surface area contributed by atoms with Gasteiger partial charge in [0.25, 0.3) is 15.9 Å². The van der Waals surface area contributed by atoms with Crippen LogP contribution in [0.25, 0.3) is 0 Å². The van der Waals surface area contributed by atoms with E-state index in [4.69, 9.17) is 4.80 Å². The summed E-state index contributed by atoms with van der Waals surface area (Å²) in [6, 6.07) is 6.09. The average Bonchev–Trinajstić information content (AvgIpc) is 2.42. The molecule has 1 aromatic rings. The molecule has 0 bridgehead atoms. The third kappa shape index (κ3) is 1.69. The van der Waals surface area contributed by atoms with E-state index in [0.29, 0.717) is 10.5 Å². The molecule has 0 aromatic heterocycles. The van der Waals surface area contributed by atoms with Crippen LogP contribution in [0.1, 0.15) is 10.4 Å². The number of nitrogens with one attached hydrogen (secondary N) is 1. The van der Waals surface area contributed by atoms with Gasteiger partial charge in [-0.15, -0.1) is 0 Å². The van der Waals surface area contributed by atoms with Gasteiger partial charge in [-0.2, -0.15) is 0 Å². The lowest BCUT2D eigenvalue weighted by Crippen LogP contribution is -2.20. The summed E-state index contributed by atoms with van der Waals surface area (Å²) in [6.07, 6.45) is 0. The van der Waals surface area contributed by atoms with Crippen LogP contribution in [0.2, 0.25) is 0 Å². The van der Waals surface area contributed by atoms with Crippen molar-refractivity contribution < 1.29 is 18.0 Å². The second-order valence-corrected chi connectivity index (χ2v) is 4.08. The van der Waals surface area contributed by atoms with Gasteiger partial charge >= 0.3 is 0 Å². The Labute approximate surface area is 84.4 Å². The van der Waals surface area contributed by atoms with Crippen molar-refractivity contribution >= 4 is 26.4 Å². The summed E-state index contributed by atoms with van der Waals surface area (Å²) in [5, 5.41) is 0. The van der Waals surface area contributed by atoms with Crippen molar-refractivity contribution in [1.29, 1.82) is 0 Å². The maximum absolute atomic E-state index is 11.1. The molecule has 2 rings (SSSR count). The molecule has 76 valence electrons. The van der Waals surface area contributed by atoms with Gasteiger partial charge in [0.2, 0.25) is 0 Å². The summed E-state index contributed by atoms with van der Waals surface area (Å²) in [4.78, 5) is 18.2. The number of carbonyl (C=O) groups is 1. The Morgan fingerprint density at radius 2 is 1.79 bits per heavy atom. The average molecular weight is 231 g/mol.